The maximum absolute atomic E-state index is 12.8. The third-order valence-corrected chi connectivity index (χ3v) is 5.30. The van der Waals surface area contributed by atoms with Crippen molar-refractivity contribution in [3.8, 4) is 6.07 Å². The highest BCUT2D eigenvalue weighted by Gasteiger charge is 2.49. The van der Waals surface area contributed by atoms with Gasteiger partial charge in [-0.05, 0) is 43.9 Å². The van der Waals surface area contributed by atoms with Gasteiger partial charge in [-0.3, -0.25) is 19.8 Å². The molecule has 154 valence electrons. The second kappa shape index (κ2) is 7.83. The van der Waals surface area contributed by atoms with Crippen LogP contribution in [0.25, 0.3) is 0 Å². The first kappa shape index (κ1) is 20.8. The molecule has 3 rings (SSSR count). The number of carbonyl (C=O) groups is 3. The fraction of sp³-hybridized carbons (Fsp3) is 0.286. The summed E-state index contributed by atoms with van der Waals surface area (Å²) in [5.74, 6) is -1.13. The van der Waals surface area contributed by atoms with E-state index >= 15 is 0 Å². The third-order valence-electron chi connectivity index (χ3n) is 5.30. The van der Waals surface area contributed by atoms with Crippen LogP contribution in [0.3, 0.4) is 0 Å². The molecular formula is C21H21N5O4. The molecule has 0 aliphatic carbocycles. The first-order valence-electron chi connectivity index (χ1n) is 9.33. The van der Waals surface area contributed by atoms with Crippen LogP contribution in [-0.2, 0) is 21.5 Å². The maximum Gasteiger partial charge on any atom is 0.344 e. The molecule has 0 saturated carbocycles. The van der Waals surface area contributed by atoms with Gasteiger partial charge in [0.1, 0.15) is 17.2 Å². The van der Waals surface area contributed by atoms with Crippen LogP contribution >= 0.6 is 0 Å². The van der Waals surface area contributed by atoms with E-state index in [1.807, 2.05) is 6.07 Å². The average molecular weight is 407 g/mol. The van der Waals surface area contributed by atoms with Crippen molar-refractivity contribution in [2.75, 3.05) is 0 Å². The largest absolute Gasteiger partial charge is 0.344 e. The molecular weight excluding hydrogens is 386 g/mol. The van der Waals surface area contributed by atoms with Crippen LogP contribution in [0.1, 0.15) is 41.3 Å². The molecule has 9 nitrogen and oxygen atoms in total. The summed E-state index contributed by atoms with van der Waals surface area (Å²) in [6.07, 6.45) is 0.187. The molecule has 2 aromatic rings. The molecule has 1 aromatic carbocycles. The van der Waals surface area contributed by atoms with Gasteiger partial charge in [0.15, 0.2) is 0 Å². The van der Waals surface area contributed by atoms with E-state index in [2.05, 4.69) is 15.7 Å². The number of pyridine rings is 1. The Morgan fingerprint density at radius 1 is 1.20 bits per heavy atom. The number of hydrogen-bond donors (Lipinski definition) is 3. The van der Waals surface area contributed by atoms with E-state index < -0.39 is 28.9 Å². The number of benzene rings is 1. The quantitative estimate of drug-likeness (QED) is 0.642. The Labute approximate surface area is 172 Å². The van der Waals surface area contributed by atoms with Gasteiger partial charge in [-0.15, -0.1) is 0 Å². The summed E-state index contributed by atoms with van der Waals surface area (Å²) in [5, 5.41) is 12.4. The number of H-pyrrole nitrogens is 1. The Kier molecular flexibility index (Phi) is 5.43. The van der Waals surface area contributed by atoms with Crippen molar-refractivity contribution in [3.63, 3.8) is 0 Å². The van der Waals surface area contributed by atoms with E-state index in [1.54, 1.807) is 51.1 Å². The van der Waals surface area contributed by atoms with Gasteiger partial charge in [0, 0.05) is 12.1 Å². The van der Waals surface area contributed by atoms with Crippen LogP contribution in [0, 0.1) is 25.2 Å². The number of aromatic nitrogens is 1. The third kappa shape index (κ3) is 3.55. The number of carbonyl (C=O) groups excluding carboxylic acids is 3. The fourth-order valence-corrected chi connectivity index (χ4v) is 3.55. The molecule has 1 fully saturated rings. The average Bonchev–Trinajstić information content (AvgIpc) is 2.92. The van der Waals surface area contributed by atoms with Gasteiger partial charge in [0.05, 0.1) is 0 Å². The predicted octanol–water partition coefficient (Wildman–Crippen LogP) is 1.29. The highest BCUT2D eigenvalue weighted by atomic mass is 16.2. The van der Waals surface area contributed by atoms with Gasteiger partial charge >= 0.3 is 6.03 Å². The highest BCUT2D eigenvalue weighted by Crippen LogP contribution is 2.27. The minimum atomic E-state index is -1.28. The molecule has 0 bridgehead atoms. The fourth-order valence-electron chi connectivity index (χ4n) is 3.55. The summed E-state index contributed by atoms with van der Waals surface area (Å²) in [5.41, 5.74) is 2.95. The first-order chi connectivity index (χ1) is 14.2. The Hall–Kier alpha value is -3.93. The second-order valence-corrected chi connectivity index (χ2v) is 7.27. The zero-order valence-corrected chi connectivity index (χ0v) is 16.8. The summed E-state index contributed by atoms with van der Waals surface area (Å²) in [6.45, 7) is 4.91. The molecule has 0 radical (unpaired) electrons. The topological polar surface area (TPSA) is 135 Å². The molecule has 0 spiro atoms. The minimum Gasteiger partial charge on any atom is -0.325 e. The number of nitrogens with one attached hydrogen (secondary N) is 3. The summed E-state index contributed by atoms with van der Waals surface area (Å²) in [4.78, 5) is 52.0. The minimum absolute atomic E-state index is 0.00346. The molecule has 4 amide bonds. The monoisotopic (exact) mass is 407 g/mol. The number of nitrogens with zero attached hydrogens (tertiary/aromatic N) is 2. The van der Waals surface area contributed by atoms with Gasteiger partial charge in [-0.2, -0.15) is 10.3 Å². The molecule has 3 N–H and O–H groups in total. The molecule has 1 aliphatic rings. The van der Waals surface area contributed by atoms with Crippen molar-refractivity contribution in [1.82, 2.24) is 20.7 Å². The van der Waals surface area contributed by atoms with Gasteiger partial charge in [0.25, 0.3) is 11.5 Å². The Balaban J connectivity index is 1.72. The van der Waals surface area contributed by atoms with Crippen molar-refractivity contribution in [2.45, 2.75) is 39.2 Å². The summed E-state index contributed by atoms with van der Waals surface area (Å²) >= 11 is 0. The van der Waals surface area contributed by atoms with Crippen LogP contribution < -0.4 is 16.3 Å². The highest BCUT2D eigenvalue weighted by molar-refractivity contribution is 6.08. The predicted molar refractivity (Wildman–Crippen MR) is 107 cm³/mol. The van der Waals surface area contributed by atoms with Crippen molar-refractivity contribution in [3.05, 3.63) is 68.6 Å². The number of hydrazine groups is 1. The van der Waals surface area contributed by atoms with E-state index in [-0.39, 0.29) is 18.4 Å². The number of urea groups is 1. The number of imide groups is 1. The lowest BCUT2D eigenvalue weighted by Crippen LogP contribution is -2.48. The van der Waals surface area contributed by atoms with Crippen molar-refractivity contribution < 1.29 is 14.4 Å². The van der Waals surface area contributed by atoms with Gasteiger partial charge in [0.2, 0.25) is 5.91 Å². The van der Waals surface area contributed by atoms with Crippen LogP contribution in [0.15, 0.2) is 35.1 Å². The second-order valence-electron chi connectivity index (χ2n) is 7.27. The van der Waals surface area contributed by atoms with Gasteiger partial charge in [-0.25, -0.2) is 4.79 Å². The van der Waals surface area contributed by atoms with E-state index in [0.717, 1.165) is 0 Å². The molecule has 1 atom stereocenters. The number of nitriles is 1. The number of rotatable bonds is 5. The summed E-state index contributed by atoms with van der Waals surface area (Å²) < 4.78 is 0. The summed E-state index contributed by atoms with van der Waals surface area (Å²) in [7, 11) is 0. The first-order valence-corrected chi connectivity index (χ1v) is 9.33. The molecule has 30 heavy (non-hydrogen) atoms. The normalized spacial score (nSPS) is 18.1. The Morgan fingerprint density at radius 3 is 2.50 bits per heavy atom. The molecule has 1 aromatic heterocycles. The SMILES string of the molecule is Cc1[nH]c(=O)c(C#N)c(C)c1CCC(=O)NN1C(=O)NC(C)(c2ccccc2)C1=O. The van der Waals surface area contributed by atoms with Crippen molar-refractivity contribution in [2.24, 2.45) is 0 Å². The van der Waals surface area contributed by atoms with Crippen LogP contribution in [0.4, 0.5) is 4.79 Å². The van der Waals surface area contributed by atoms with Crippen LogP contribution in [0.2, 0.25) is 0 Å². The zero-order chi connectivity index (χ0) is 22.1. The number of amides is 4. The molecule has 9 heteroatoms. The van der Waals surface area contributed by atoms with E-state index in [0.29, 0.717) is 27.4 Å². The smallest absolute Gasteiger partial charge is 0.325 e. The number of aromatic amines is 1. The maximum atomic E-state index is 12.8. The lowest BCUT2D eigenvalue weighted by atomic mass is 9.92. The van der Waals surface area contributed by atoms with Gasteiger partial charge < -0.3 is 10.3 Å². The van der Waals surface area contributed by atoms with Crippen molar-refractivity contribution >= 4 is 17.8 Å². The van der Waals surface area contributed by atoms with E-state index in [9.17, 15) is 19.2 Å². The molecule has 2 heterocycles. The number of aryl methyl sites for hydroxylation is 1. The van der Waals surface area contributed by atoms with Crippen LogP contribution in [-0.4, -0.2) is 27.8 Å². The Morgan fingerprint density at radius 2 is 1.87 bits per heavy atom. The standard InChI is InChI=1S/C21H21N5O4/c1-12-15(13(2)23-18(28)16(12)11-22)9-10-17(27)25-26-19(29)21(3,24-20(26)30)14-7-5-4-6-8-14/h4-8H,9-10H2,1-3H3,(H,23,28)(H,24,30)(H,25,27). The Bertz CT molecular complexity index is 1130. The lowest BCUT2D eigenvalue weighted by Gasteiger charge is -2.22. The number of hydrogen-bond acceptors (Lipinski definition) is 5. The van der Waals surface area contributed by atoms with Gasteiger partial charge in [-0.1, -0.05) is 30.3 Å². The molecule has 1 aliphatic heterocycles. The van der Waals surface area contributed by atoms with Crippen molar-refractivity contribution in [1.29, 1.82) is 5.26 Å². The lowest BCUT2D eigenvalue weighted by molar-refractivity contribution is -0.139. The summed E-state index contributed by atoms with van der Waals surface area (Å²) in [6, 6.07) is 9.89. The molecule has 1 unspecified atom stereocenters. The molecule has 1 saturated heterocycles. The van der Waals surface area contributed by atoms with E-state index in [4.69, 9.17) is 5.26 Å². The van der Waals surface area contributed by atoms with E-state index in [1.165, 1.54) is 0 Å². The van der Waals surface area contributed by atoms with Crippen LogP contribution in [0.5, 0.6) is 0 Å². The zero-order valence-electron chi connectivity index (χ0n) is 16.8.